The van der Waals surface area contributed by atoms with Gasteiger partial charge in [-0.2, -0.15) is 0 Å². The maximum atomic E-state index is 5.65. The van der Waals surface area contributed by atoms with Gasteiger partial charge < -0.3 is 9.47 Å². The summed E-state index contributed by atoms with van der Waals surface area (Å²) in [5.74, 6) is 1.89. The predicted molar refractivity (Wildman–Crippen MR) is 53.5 cm³/mol. The molecule has 0 radical (unpaired) electrons. The van der Waals surface area contributed by atoms with Crippen molar-refractivity contribution in [3.8, 4) is 0 Å². The standard InChI is InChI=1S/C11H22O2/c1-5-6-12-11-10(4)9(3)8(2)7-13-11/h8-11H,5-7H2,1-4H3/t8-,9+,10?,11-/m1/s1. The molecule has 2 nitrogen and oxygen atoms in total. The Morgan fingerprint density at radius 3 is 2.54 bits per heavy atom. The Labute approximate surface area is 81.6 Å². The van der Waals surface area contributed by atoms with Crippen LogP contribution < -0.4 is 0 Å². The molecule has 13 heavy (non-hydrogen) atoms. The van der Waals surface area contributed by atoms with Crippen LogP contribution in [-0.2, 0) is 9.47 Å². The van der Waals surface area contributed by atoms with Crippen LogP contribution in [0.5, 0.6) is 0 Å². The molecule has 0 aromatic carbocycles. The van der Waals surface area contributed by atoms with Gasteiger partial charge in [0.1, 0.15) is 0 Å². The van der Waals surface area contributed by atoms with Crippen molar-refractivity contribution in [2.24, 2.45) is 17.8 Å². The highest BCUT2D eigenvalue weighted by molar-refractivity contribution is 4.75. The van der Waals surface area contributed by atoms with Crippen LogP contribution in [0, 0.1) is 17.8 Å². The molecule has 0 saturated carbocycles. The van der Waals surface area contributed by atoms with E-state index in [1.165, 1.54) is 0 Å². The molecule has 1 fully saturated rings. The molecule has 0 aromatic rings. The van der Waals surface area contributed by atoms with Crippen LogP contribution in [0.2, 0.25) is 0 Å². The summed E-state index contributed by atoms with van der Waals surface area (Å²) >= 11 is 0. The first-order valence-corrected chi connectivity index (χ1v) is 5.40. The molecule has 1 aliphatic rings. The van der Waals surface area contributed by atoms with E-state index in [2.05, 4.69) is 27.7 Å². The van der Waals surface area contributed by atoms with Gasteiger partial charge in [0.25, 0.3) is 0 Å². The van der Waals surface area contributed by atoms with Gasteiger partial charge in [-0.05, 0) is 18.3 Å². The summed E-state index contributed by atoms with van der Waals surface area (Å²) < 4.78 is 11.3. The summed E-state index contributed by atoms with van der Waals surface area (Å²) in [5, 5.41) is 0. The first-order valence-electron chi connectivity index (χ1n) is 5.40. The number of hydrogen-bond acceptors (Lipinski definition) is 2. The Morgan fingerprint density at radius 2 is 1.92 bits per heavy atom. The number of ether oxygens (including phenoxy) is 2. The minimum atomic E-state index is 0.0335. The summed E-state index contributed by atoms with van der Waals surface area (Å²) in [4.78, 5) is 0. The lowest BCUT2D eigenvalue weighted by Gasteiger charge is -2.38. The van der Waals surface area contributed by atoms with Crippen molar-refractivity contribution < 1.29 is 9.47 Å². The van der Waals surface area contributed by atoms with E-state index < -0.39 is 0 Å². The lowest BCUT2D eigenvalue weighted by molar-refractivity contribution is -0.215. The zero-order valence-corrected chi connectivity index (χ0v) is 9.25. The summed E-state index contributed by atoms with van der Waals surface area (Å²) in [7, 11) is 0. The minimum absolute atomic E-state index is 0.0335. The van der Waals surface area contributed by atoms with Crippen molar-refractivity contribution in [1.29, 1.82) is 0 Å². The molecule has 1 rings (SSSR count). The average molecular weight is 186 g/mol. The second-order valence-corrected chi connectivity index (χ2v) is 4.27. The highest BCUT2D eigenvalue weighted by Crippen LogP contribution is 2.31. The van der Waals surface area contributed by atoms with E-state index in [-0.39, 0.29) is 6.29 Å². The summed E-state index contributed by atoms with van der Waals surface area (Å²) in [6.07, 6.45) is 1.10. The Balaban J connectivity index is 2.39. The first kappa shape index (κ1) is 11.0. The molecule has 2 heteroatoms. The SMILES string of the molecule is CCCO[C@@H]1OC[C@@H](C)[C@H](C)C1C. The normalized spacial score (nSPS) is 40.6. The quantitative estimate of drug-likeness (QED) is 0.674. The fourth-order valence-corrected chi connectivity index (χ4v) is 1.75. The Kier molecular flexibility index (Phi) is 4.20. The van der Waals surface area contributed by atoms with Crippen LogP contribution in [0.15, 0.2) is 0 Å². The van der Waals surface area contributed by atoms with E-state index in [9.17, 15) is 0 Å². The van der Waals surface area contributed by atoms with E-state index in [0.717, 1.165) is 19.6 Å². The van der Waals surface area contributed by atoms with E-state index in [0.29, 0.717) is 17.8 Å². The Hall–Kier alpha value is -0.0800. The summed E-state index contributed by atoms with van der Waals surface area (Å²) in [6, 6.07) is 0. The predicted octanol–water partition coefficient (Wildman–Crippen LogP) is 2.68. The number of hydrogen-bond donors (Lipinski definition) is 0. The van der Waals surface area contributed by atoms with E-state index in [1.807, 2.05) is 0 Å². The van der Waals surface area contributed by atoms with Gasteiger partial charge in [-0.1, -0.05) is 27.7 Å². The average Bonchev–Trinajstić information content (AvgIpc) is 2.13. The zero-order valence-electron chi connectivity index (χ0n) is 9.25. The molecular weight excluding hydrogens is 164 g/mol. The van der Waals surface area contributed by atoms with Gasteiger partial charge in [-0.25, -0.2) is 0 Å². The summed E-state index contributed by atoms with van der Waals surface area (Å²) in [5.41, 5.74) is 0. The zero-order chi connectivity index (χ0) is 9.84. The third kappa shape index (κ3) is 2.68. The van der Waals surface area contributed by atoms with Gasteiger partial charge in [-0.15, -0.1) is 0 Å². The van der Waals surface area contributed by atoms with Crippen molar-refractivity contribution in [3.63, 3.8) is 0 Å². The molecule has 1 saturated heterocycles. The Bertz CT molecular complexity index is 145. The highest BCUT2D eigenvalue weighted by atomic mass is 16.7. The van der Waals surface area contributed by atoms with Gasteiger partial charge in [0.05, 0.1) is 6.61 Å². The maximum Gasteiger partial charge on any atom is 0.160 e. The molecule has 0 bridgehead atoms. The van der Waals surface area contributed by atoms with Crippen LogP contribution in [0.3, 0.4) is 0 Å². The third-order valence-electron chi connectivity index (χ3n) is 3.17. The van der Waals surface area contributed by atoms with Gasteiger partial charge in [-0.3, -0.25) is 0 Å². The van der Waals surface area contributed by atoms with Crippen LogP contribution in [0.1, 0.15) is 34.1 Å². The second kappa shape index (κ2) is 4.97. The fourth-order valence-electron chi connectivity index (χ4n) is 1.75. The van der Waals surface area contributed by atoms with Gasteiger partial charge in [0.15, 0.2) is 6.29 Å². The number of rotatable bonds is 3. The van der Waals surface area contributed by atoms with E-state index >= 15 is 0 Å². The molecule has 0 amide bonds. The first-order chi connectivity index (χ1) is 6.16. The Morgan fingerprint density at radius 1 is 1.23 bits per heavy atom. The molecule has 1 heterocycles. The van der Waals surface area contributed by atoms with Crippen LogP contribution in [-0.4, -0.2) is 19.5 Å². The van der Waals surface area contributed by atoms with Crippen LogP contribution in [0.25, 0.3) is 0 Å². The van der Waals surface area contributed by atoms with Crippen molar-refractivity contribution in [1.82, 2.24) is 0 Å². The lowest BCUT2D eigenvalue weighted by Crippen LogP contribution is -2.40. The minimum Gasteiger partial charge on any atom is -0.352 e. The van der Waals surface area contributed by atoms with Crippen LogP contribution in [0.4, 0.5) is 0 Å². The molecule has 0 aliphatic carbocycles. The van der Waals surface area contributed by atoms with Crippen LogP contribution >= 0.6 is 0 Å². The highest BCUT2D eigenvalue weighted by Gasteiger charge is 2.32. The molecule has 0 N–H and O–H groups in total. The van der Waals surface area contributed by atoms with E-state index in [1.54, 1.807) is 0 Å². The lowest BCUT2D eigenvalue weighted by atomic mass is 9.83. The topological polar surface area (TPSA) is 18.5 Å². The smallest absolute Gasteiger partial charge is 0.160 e. The van der Waals surface area contributed by atoms with Gasteiger partial charge >= 0.3 is 0 Å². The van der Waals surface area contributed by atoms with Crippen molar-refractivity contribution in [2.45, 2.75) is 40.4 Å². The summed E-state index contributed by atoms with van der Waals surface area (Å²) in [6.45, 7) is 10.5. The van der Waals surface area contributed by atoms with Crippen molar-refractivity contribution in [3.05, 3.63) is 0 Å². The largest absolute Gasteiger partial charge is 0.352 e. The monoisotopic (exact) mass is 186 g/mol. The van der Waals surface area contributed by atoms with Crippen molar-refractivity contribution in [2.75, 3.05) is 13.2 Å². The molecular formula is C11H22O2. The second-order valence-electron chi connectivity index (χ2n) is 4.27. The molecule has 4 atom stereocenters. The molecule has 0 spiro atoms. The third-order valence-corrected chi connectivity index (χ3v) is 3.17. The fraction of sp³-hybridized carbons (Fsp3) is 1.00. The molecule has 0 aromatic heterocycles. The maximum absolute atomic E-state index is 5.65. The molecule has 1 aliphatic heterocycles. The molecule has 1 unspecified atom stereocenters. The van der Waals surface area contributed by atoms with Gasteiger partial charge in [0.2, 0.25) is 0 Å². The van der Waals surface area contributed by atoms with Gasteiger partial charge in [0, 0.05) is 12.5 Å². The van der Waals surface area contributed by atoms with Crippen molar-refractivity contribution >= 4 is 0 Å². The van der Waals surface area contributed by atoms with E-state index in [4.69, 9.17) is 9.47 Å². The molecule has 78 valence electrons.